The van der Waals surface area contributed by atoms with Crippen LogP contribution < -0.4 is 21.7 Å². The summed E-state index contributed by atoms with van der Waals surface area (Å²) in [6.45, 7) is 10.0. The molecule has 0 aliphatic heterocycles. The highest BCUT2D eigenvalue weighted by Gasteiger charge is 2.17. The van der Waals surface area contributed by atoms with Crippen molar-refractivity contribution in [2.75, 3.05) is 38.1 Å². The molecule has 1 aromatic heterocycles. The van der Waals surface area contributed by atoms with Crippen LogP contribution in [0.25, 0.3) is 5.70 Å². The lowest BCUT2D eigenvalue weighted by atomic mass is 10.1. The Morgan fingerprint density at radius 3 is 2.60 bits per heavy atom. The second-order valence-corrected chi connectivity index (χ2v) is 7.17. The average Bonchev–Trinajstić information content (AvgIpc) is 2.76. The number of hydrogen-bond acceptors (Lipinski definition) is 6. The second kappa shape index (κ2) is 12.0. The van der Waals surface area contributed by atoms with Crippen LogP contribution in [0.4, 0.5) is 5.69 Å². The fraction of sp³-hybridized carbons (Fsp3) is 0.261. The predicted octanol–water partition coefficient (Wildman–Crippen LogP) is 3.40. The van der Waals surface area contributed by atoms with E-state index in [0.29, 0.717) is 22.2 Å². The Balaban J connectivity index is 2.30. The Morgan fingerprint density at radius 1 is 1.23 bits per heavy atom. The zero-order valence-electron chi connectivity index (χ0n) is 17.7. The fourth-order valence-electron chi connectivity index (χ4n) is 2.92. The first kappa shape index (κ1) is 23.5. The van der Waals surface area contributed by atoms with E-state index in [1.807, 2.05) is 60.5 Å². The van der Waals surface area contributed by atoms with Crippen molar-refractivity contribution in [1.82, 2.24) is 15.2 Å². The highest BCUT2D eigenvalue weighted by atomic mass is 35.5. The van der Waals surface area contributed by atoms with Crippen LogP contribution in [0.1, 0.15) is 12.5 Å². The number of hydrogen-bond donors (Lipinski definition) is 3. The van der Waals surface area contributed by atoms with E-state index >= 15 is 0 Å². The van der Waals surface area contributed by atoms with Gasteiger partial charge in [-0.05, 0) is 49.5 Å². The largest absolute Gasteiger partial charge is 0.396 e. The summed E-state index contributed by atoms with van der Waals surface area (Å²) in [5.74, 6) is 0.390. The van der Waals surface area contributed by atoms with Gasteiger partial charge < -0.3 is 16.8 Å². The number of anilines is 1. The summed E-state index contributed by atoms with van der Waals surface area (Å²) >= 11 is 6.17. The number of nitrogens with two attached hydrogens (primary N) is 2. The van der Waals surface area contributed by atoms with Gasteiger partial charge in [0, 0.05) is 42.7 Å². The standard InChI is InChI=1S/C23H31ClN6/c1-4-29(16-14-27-3)15-6-9-22(25)23(26)30(21-10-12-28-13-11-21)18(2)19-7-5-8-20(24)17-19/h5-13,17,27H,2,4,14-16,25-26H2,1,3H3/b9-6-,23-22-. The third-order valence-corrected chi connectivity index (χ3v) is 4.91. The maximum atomic E-state index is 6.49. The molecule has 1 heterocycles. The molecule has 0 spiro atoms. The third kappa shape index (κ3) is 6.62. The van der Waals surface area contributed by atoms with Crippen molar-refractivity contribution in [2.45, 2.75) is 6.92 Å². The molecular formula is C23H31ClN6. The predicted molar refractivity (Wildman–Crippen MR) is 128 cm³/mol. The summed E-state index contributed by atoms with van der Waals surface area (Å²) in [6, 6.07) is 11.2. The number of pyridine rings is 1. The molecule has 1 aromatic carbocycles. The van der Waals surface area contributed by atoms with Crippen molar-refractivity contribution in [3.63, 3.8) is 0 Å². The number of benzene rings is 1. The Labute approximate surface area is 184 Å². The van der Waals surface area contributed by atoms with E-state index in [1.54, 1.807) is 12.4 Å². The van der Waals surface area contributed by atoms with E-state index in [-0.39, 0.29) is 0 Å². The number of likely N-dealkylation sites (N-methyl/N-ethyl adjacent to an activating group) is 2. The van der Waals surface area contributed by atoms with Crippen molar-refractivity contribution in [1.29, 1.82) is 0 Å². The second-order valence-electron chi connectivity index (χ2n) is 6.74. The van der Waals surface area contributed by atoms with Gasteiger partial charge in [0.05, 0.1) is 11.4 Å². The van der Waals surface area contributed by atoms with E-state index < -0.39 is 0 Å². The van der Waals surface area contributed by atoms with Crippen LogP contribution in [0, 0.1) is 0 Å². The van der Waals surface area contributed by atoms with Gasteiger partial charge in [-0.25, -0.2) is 0 Å². The van der Waals surface area contributed by atoms with Crippen LogP contribution >= 0.6 is 11.6 Å². The van der Waals surface area contributed by atoms with Crippen LogP contribution in [0.3, 0.4) is 0 Å². The van der Waals surface area contributed by atoms with Crippen LogP contribution in [-0.4, -0.2) is 43.1 Å². The molecule has 6 nitrogen and oxygen atoms in total. The van der Waals surface area contributed by atoms with E-state index in [1.165, 1.54) is 0 Å². The van der Waals surface area contributed by atoms with Gasteiger partial charge in [-0.1, -0.05) is 43.3 Å². The molecule has 0 bridgehead atoms. The normalized spacial score (nSPS) is 12.3. The lowest BCUT2D eigenvalue weighted by Gasteiger charge is -2.28. The van der Waals surface area contributed by atoms with E-state index in [2.05, 4.69) is 28.7 Å². The molecule has 160 valence electrons. The van der Waals surface area contributed by atoms with Crippen molar-refractivity contribution in [3.8, 4) is 0 Å². The Bertz CT molecular complexity index is 878. The molecule has 0 amide bonds. The quantitative estimate of drug-likeness (QED) is 0.477. The third-order valence-electron chi connectivity index (χ3n) is 4.67. The molecule has 0 radical (unpaired) electrons. The van der Waals surface area contributed by atoms with Crippen LogP contribution in [0.15, 0.2) is 79.0 Å². The Hall–Kier alpha value is -2.80. The average molecular weight is 427 g/mol. The van der Waals surface area contributed by atoms with Crippen molar-refractivity contribution in [3.05, 3.63) is 89.6 Å². The molecule has 5 N–H and O–H groups in total. The van der Waals surface area contributed by atoms with Gasteiger partial charge in [0.25, 0.3) is 0 Å². The summed E-state index contributed by atoms with van der Waals surface area (Å²) in [4.78, 5) is 8.21. The van der Waals surface area contributed by atoms with Crippen LogP contribution in [0.5, 0.6) is 0 Å². The van der Waals surface area contributed by atoms with Gasteiger partial charge in [0.2, 0.25) is 0 Å². The van der Waals surface area contributed by atoms with Crippen molar-refractivity contribution in [2.24, 2.45) is 11.5 Å². The zero-order valence-corrected chi connectivity index (χ0v) is 18.4. The molecule has 2 aromatic rings. The maximum Gasteiger partial charge on any atom is 0.131 e. The van der Waals surface area contributed by atoms with E-state index in [4.69, 9.17) is 23.1 Å². The summed E-state index contributed by atoms with van der Waals surface area (Å²) in [6.07, 6.45) is 7.27. The Morgan fingerprint density at radius 2 is 1.97 bits per heavy atom. The SMILES string of the molecule is C=C(c1cccc(Cl)c1)N(/C(N)=C(N)/C=C\CN(CC)CCNC)c1ccncc1. The first-order valence-electron chi connectivity index (χ1n) is 9.91. The number of aromatic nitrogens is 1. The fourth-order valence-corrected chi connectivity index (χ4v) is 3.11. The van der Waals surface area contributed by atoms with E-state index in [9.17, 15) is 0 Å². The molecule has 2 rings (SSSR count). The molecular weight excluding hydrogens is 396 g/mol. The van der Waals surface area contributed by atoms with Gasteiger partial charge in [0.15, 0.2) is 0 Å². The van der Waals surface area contributed by atoms with Crippen LogP contribution in [-0.2, 0) is 0 Å². The summed E-state index contributed by atoms with van der Waals surface area (Å²) in [7, 11) is 1.95. The molecule has 30 heavy (non-hydrogen) atoms. The minimum atomic E-state index is 0.390. The number of nitrogens with one attached hydrogen (secondary N) is 1. The van der Waals surface area contributed by atoms with Crippen molar-refractivity contribution >= 4 is 23.0 Å². The van der Waals surface area contributed by atoms with Gasteiger partial charge >= 0.3 is 0 Å². The minimum absolute atomic E-state index is 0.390. The molecule has 0 unspecified atom stereocenters. The maximum absolute atomic E-state index is 6.49. The lowest BCUT2D eigenvalue weighted by Crippen LogP contribution is -2.31. The smallest absolute Gasteiger partial charge is 0.131 e. The number of rotatable bonds is 11. The number of halogens is 1. The summed E-state index contributed by atoms with van der Waals surface area (Å²) in [5.41, 5.74) is 15.6. The monoisotopic (exact) mass is 426 g/mol. The summed E-state index contributed by atoms with van der Waals surface area (Å²) < 4.78 is 0. The number of allylic oxidation sites excluding steroid dienone is 1. The number of nitrogens with zero attached hydrogens (tertiary/aromatic N) is 3. The van der Waals surface area contributed by atoms with Crippen LogP contribution in [0.2, 0.25) is 5.02 Å². The molecule has 0 atom stereocenters. The summed E-state index contributed by atoms with van der Waals surface area (Å²) in [5, 5.41) is 3.79. The topological polar surface area (TPSA) is 83.4 Å². The molecule has 0 aliphatic rings. The molecule has 0 aliphatic carbocycles. The van der Waals surface area contributed by atoms with Gasteiger partial charge in [-0.15, -0.1) is 0 Å². The first-order chi connectivity index (χ1) is 14.5. The van der Waals surface area contributed by atoms with E-state index in [0.717, 1.165) is 37.4 Å². The molecule has 0 saturated carbocycles. The first-order valence-corrected chi connectivity index (χ1v) is 10.3. The lowest BCUT2D eigenvalue weighted by molar-refractivity contribution is 0.320. The molecule has 0 saturated heterocycles. The Kier molecular flexibility index (Phi) is 9.41. The highest BCUT2D eigenvalue weighted by Crippen LogP contribution is 2.29. The minimum Gasteiger partial charge on any atom is -0.396 e. The molecule has 0 fully saturated rings. The highest BCUT2D eigenvalue weighted by molar-refractivity contribution is 6.30. The molecule has 7 heteroatoms. The van der Waals surface area contributed by atoms with Gasteiger partial charge in [0.1, 0.15) is 5.82 Å². The zero-order chi connectivity index (χ0) is 21.9. The van der Waals surface area contributed by atoms with Gasteiger partial charge in [-0.2, -0.15) is 0 Å². The van der Waals surface area contributed by atoms with Crippen molar-refractivity contribution < 1.29 is 0 Å². The van der Waals surface area contributed by atoms with Gasteiger partial charge in [-0.3, -0.25) is 14.8 Å².